The highest BCUT2D eigenvalue weighted by atomic mass is 16.3. The van der Waals surface area contributed by atoms with Gasteiger partial charge in [0.05, 0.1) is 0 Å². The summed E-state index contributed by atoms with van der Waals surface area (Å²) in [6.07, 6.45) is 3.15. The highest BCUT2D eigenvalue weighted by Crippen LogP contribution is 2.43. The molecule has 1 aromatic rings. The molecule has 0 amide bonds. The Hall–Kier alpha value is -1.02. The van der Waals surface area contributed by atoms with E-state index in [9.17, 15) is 5.11 Å². The van der Waals surface area contributed by atoms with Crippen LogP contribution in [0.3, 0.4) is 0 Å². The molecule has 2 nitrogen and oxygen atoms in total. The van der Waals surface area contributed by atoms with Gasteiger partial charge in [0.2, 0.25) is 0 Å². The Bertz CT molecular complexity index is 367. The van der Waals surface area contributed by atoms with Crippen LogP contribution >= 0.6 is 0 Å². The minimum absolute atomic E-state index is 0.261. The van der Waals surface area contributed by atoms with Gasteiger partial charge in [-0.15, -0.1) is 0 Å². The first-order chi connectivity index (χ1) is 6.53. The minimum atomic E-state index is -0.261. The summed E-state index contributed by atoms with van der Waals surface area (Å²) in [5.74, 6) is 0.357. The van der Waals surface area contributed by atoms with Gasteiger partial charge in [0.25, 0.3) is 0 Å². The molecule has 0 bridgehead atoms. The Kier molecular flexibility index (Phi) is 2.04. The SMILES string of the molecule is Cc1cc(O)c(C2(N)CCC2)cc1C. The van der Waals surface area contributed by atoms with E-state index in [1.54, 1.807) is 0 Å². The summed E-state index contributed by atoms with van der Waals surface area (Å²) in [5.41, 5.74) is 9.17. The molecule has 0 heterocycles. The fourth-order valence-electron chi connectivity index (χ4n) is 2.03. The van der Waals surface area contributed by atoms with E-state index in [2.05, 4.69) is 6.92 Å². The zero-order valence-electron chi connectivity index (χ0n) is 8.80. The van der Waals surface area contributed by atoms with E-state index in [1.807, 2.05) is 19.1 Å². The van der Waals surface area contributed by atoms with Crippen molar-refractivity contribution in [2.45, 2.75) is 38.6 Å². The van der Waals surface area contributed by atoms with Crippen LogP contribution in [0.2, 0.25) is 0 Å². The third-order valence-electron chi connectivity index (χ3n) is 3.39. The normalized spacial score (nSPS) is 19.1. The van der Waals surface area contributed by atoms with Crippen LogP contribution < -0.4 is 5.73 Å². The molecular formula is C12H17NO. The van der Waals surface area contributed by atoms with E-state index >= 15 is 0 Å². The second-order valence-corrected chi connectivity index (χ2v) is 4.46. The van der Waals surface area contributed by atoms with Crippen LogP contribution in [-0.4, -0.2) is 5.11 Å². The second-order valence-electron chi connectivity index (χ2n) is 4.46. The molecule has 2 rings (SSSR count). The van der Waals surface area contributed by atoms with Crippen LogP contribution in [0.4, 0.5) is 0 Å². The summed E-state index contributed by atoms with van der Waals surface area (Å²) < 4.78 is 0. The topological polar surface area (TPSA) is 46.2 Å². The van der Waals surface area contributed by atoms with Gasteiger partial charge in [-0.1, -0.05) is 6.07 Å². The molecule has 0 atom stereocenters. The molecule has 2 heteroatoms. The molecule has 0 aliphatic heterocycles. The smallest absolute Gasteiger partial charge is 0.120 e. The molecule has 0 radical (unpaired) electrons. The van der Waals surface area contributed by atoms with Crippen LogP contribution in [0.1, 0.15) is 36.0 Å². The molecule has 0 unspecified atom stereocenters. The lowest BCUT2D eigenvalue weighted by Gasteiger charge is -2.39. The molecule has 0 spiro atoms. The van der Waals surface area contributed by atoms with Crippen molar-refractivity contribution in [1.29, 1.82) is 0 Å². The van der Waals surface area contributed by atoms with Crippen LogP contribution in [0.5, 0.6) is 5.75 Å². The molecule has 76 valence electrons. The number of rotatable bonds is 1. The van der Waals surface area contributed by atoms with Gasteiger partial charge in [0.15, 0.2) is 0 Å². The second kappa shape index (κ2) is 2.99. The maximum atomic E-state index is 9.84. The third-order valence-corrected chi connectivity index (χ3v) is 3.39. The predicted molar refractivity (Wildman–Crippen MR) is 57.3 cm³/mol. The third kappa shape index (κ3) is 1.30. The summed E-state index contributed by atoms with van der Waals surface area (Å²) in [4.78, 5) is 0. The first-order valence-electron chi connectivity index (χ1n) is 5.12. The highest BCUT2D eigenvalue weighted by molar-refractivity contribution is 5.45. The number of hydrogen-bond acceptors (Lipinski definition) is 2. The number of phenolic OH excluding ortho intramolecular Hbond substituents is 1. The monoisotopic (exact) mass is 191 g/mol. The molecule has 14 heavy (non-hydrogen) atoms. The Balaban J connectivity index is 2.48. The molecule has 1 aliphatic carbocycles. The van der Waals surface area contributed by atoms with E-state index in [-0.39, 0.29) is 5.54 Å². The van der Waals surface area contributed by atoms with Crippen molar-refractivity contribution >= 4 is 0 Å². The number of phenols is 1. The van der Waals surface area contributed by atoms with Crippen LogP contribution in [-0.2, 0) is 5.54 Å². The average Bonchev–Trinajstić information content (AvgIpc) is 2.07. The van der Waals surface area contributed by atoms with Crippen molar-refractivity contribution in [2.75, 3.05) is 0 Å². The zero-order valence-corrected chi connectivity index (χ0v) is 8.80. The first-order valence-corrected chi connectivity index (χ1v) is 5.12. The lowest BCUT2D eigenvalue weighted by Crippen LogP contribution is -2.43. The molecule has 1 fully saturated rings. The van der Waals surface area contributed by atoms with Gasteiger partial charge in [-0.2, -0.15) is 0 Å². The maximum Gasteiger partial charge on any atom is 0.120 e. The molecule has 3 N–H and O–H groups in total. The molecule has 1 saturated carbocycles. The van der Waals surface area contributed by atoms with Gasteiger partial charge >= 0.3 is 0 Å². The predicted octanol–water partition coefficient (Wildman–Crippen LogP) is 2.35. The summed E-state index contributed by atoms with van der Waals surface area (Å²) in [5, 5.41) is 9.84. The van der Waals surface area contributed by atoms with E-state index in [1.165, 1.54) is 12.0 Å². The quantitative estimate of drug-likeness (QED) is 0.715. The van der Waals surface area contributed by atoms with Crippen molar-refractivity contribution in [3.05, 3.63) is 28.8 Å². The Morgan fingerprint density at radius 3 is 2.29 bits per heavy atom. The largest absolute Gasteiger partial charge is 0.508 e. The van der Waals surface area contributed by atoms with Crippen molar-refractivity contribution < 1.29 is 5.11 Å². The van der Waals surface area contributed by atoms with E-state index in [4.69, 9.17) is 5.73 Å². The Morgan fingerprint density at radius 2 is 1.79 bits per heavy atom. The minimum Gasteiger partial charge on any atom is -0.508 e. The average molecular weight is 191 g/mol. The number of nitrogens with two attached hydrogens (primary N) is 1. The summed E-state index contributed by atoms with van der Waals surface area (Å²) >= 11 is 0. The molecule has 0 saturated heterocycles. The zero-order chi connectivity index (χ0) is 10.3. The van der Waals surface area contributed by atoms with E-state index in [0.29, 0.717) is 5.75 Å². The molecule has 1 aliphatic rings. The maximum absolute atomic E-state index is 9.84. The fourth-order valence-corrected chi connectivity index (χ4v) is 2.03. The van der Waals surface area contributed by atoms with Crippen LogP contribution in [0.15, 0.2) is 12.1 Å². The summed E-state index contributed by atoms with van der Waals surface area (Å²) in [7, 11) is 0. The van der Waals surface area contributed by atoms with Gasteiger partial charge in [-0.3, -0.25) is 0 Å². The first kappa shape index (κ1) is 9.53. The van der Waals surface area contributed by atoms with Crippen molar-refractivity contribution in [3.8, 4) is 5.75 Å². The van der Waals surface area contributed by atoms with Gasteiger partial charge in [0.1, 0.15) is 5.75 Å². The molecule has 0 aromatic heterocycles. The van der Waals surface area contributed by atoms with Gasteiger partial charge < -0.3 is 10.8 Å². The Morgan fingerprint density at radius 1 is 1.21 bits per heavy atom. The van der Waals surface area contributed by atoms with E-state index < -0.39 is 0 Å². The van der Waals surface area contributed by atoms with Crippen LogP contribution in [0, 0.1) is 13.8 Å². The number of hydrogen-bond donors (Lipinski definition) is 2. The molecule has 1 aromatic carbocycles. The van der Waals surface area contributed by atoms with Crippen molar-refractivity contribution in [1.82, 2.24) is 0 Å². The van der Waals surface area contributed by atoms with Gasteiger partial charge in [-0.25, -0.2) is 0 Å². The lowest BCUT2D eigenvalue weighted by molar-refractivity contribution is 0.245. The standard InChI is InChI=1S/C12H17NO/c1-8-6-10(11(14)7-9(8)2)12(13)4-3-5-12/h6-7,14H,3-5,13H2,1-2H3. The van der Waals surface area contributed by atoms with Gasteiger partial charge in [0, 0.05) is 11.1 Å². The molecular weight excluding hydrogens is 174 g/mol. The van der Waals surface area contributed by atoms with E-state index in [0.717, 1.165) is 24.0 Å². The van der Waals surface area contributed by atoms with Gasteiger partial charge in [-0.05, 0) is 50.3 Å². The van der Waals surface area contributed by atoms with Crippen LogP contribution in [0.25, 0.3) is 0 Å². The lowest BCUT2D eigenvalue weighted by atomic mass is 9.72. The fraction of sp³-hybridized carbons (Fsp3) is 0.500. The van der Waals surface area contributed by atoms with Crippen molar-refractivity contribution in [2.24, 2.45) is 5.73 Å². The highest BCUT2D eigenvalue weighted by Gasteiger charge is 2.36. The summed E-state index contributed by atoms with van der Waals surface area (Å²) in [6.45, 7) is 4.06. The number of aryl methyl sites for hydroxylation is 2. The van der Waals surface area contributed by atoms with Crippen molar-refractivity contribution in [3.63, 3.8) is 0 Å². The number of benzene rings is 1. The number of aromatic hydroxyl groups is 1. The Labute approximate surface area is 84.7 Å². The summed E-state index contributed by atoms with van der Waals surface area (Å²) in [6, 6.07) is 3.85.